The number of hydrogen-bond acceptors (Lipinski definition) is 4. The molecule has 0 amide bonds. The first kappa shape index (κ1) is 12.8. The predicted molar refractivity (Wildman–Crippen MR) is 63.0 cm³/mol. The highest BCUT2D eigenvalue weighted by atomic mass is 16.5. The summed E-state index contributed by atoms with van der Waals surface area (Å²) in [6.07, 6.45) is 0. The lowest BCUT2D eigenvalue weighted by Crippen LogP contribution is -2.36. The van der Waals surface area contributed by atoms with Gasteiger partial charge in [-0.3, -0.25) is 0 Å². The van der Waals surface area contributed by atoms with Crippen molar-refractivity contribution in [1.29, 1.82) is 0 Å². The molecule has 4 heteroatoms. The maximum Gasteiger partial charge on any atom is 0.164 e. The number of ether oxygens (including phenoxy) is 2. The lowest BCUT2D eigenvalue weighted by atomic mass is 9.82. The highest BCUT2D eigenvalue weighted by Crippen LogP contribution is 2.37. The lowest BCUT2D eigenvalue weighted by molar-refractivity contribution is 0.205. The van der Waals surface area contributed by atoms with Gasteiger partial charge in [0.15, 0.2) is 11.5 Å². The fraction of sp³-hybridized carbons (Fsp3) is 0.500. The van der Waals surface area contributed by atoms with Crippen LogP contribution in [0.3, 0.4) is 0 Å². The van der Waals surface area contributed by atoms with Crippen LogP contribution in [0.2, 0.25) is 0 Å². The van der Waals surface area contributed by atoms with Crippen molar-refractivity contribution >= 4 is 0 Å². The summed E-state index contributed by atoms with van der Waals surface area (Å²) in [6.45, 7) is 2.20. The fourth-order valence-electron chi connectivity index (χ4n) is 1.62. The highest BCUT2D eigenvalue weighted by Gasteiger charge is 2.29. The number of benzene rings is 1. The van der Waals surface area contributed by atoms with E-state index < -0.39 is 5.41 Å². The Morgan fingerprint density at radius 2 is 2.00 bits per heavy atom. The largest absolute Gasteiger partial charge is 0.493 e. The molecular weight excluding hydrogens is 206 g/mol. The third kappa shape index (κ3) is 2.13. The van der Waals surface area contributed by atoms with Crippen molar-refractivity contribution < 1.29 is 14.6 Å². The lowest BCUT2D eigenvalue weighted by Gasteiger charge is -2.28. The van der Waals surface area contributed by atoms with E-state index in [9.17, 15) is 5.11 Å². The SMILES string of the molecule is COc1cccc(C(C)(CN)CO)c1OC. The molecule has 0 heterocycles. The van der Waals surface area contributed by atoms with Crippen molar-refractivity contribution in [3.8, 4) is 11.5 Å². The van der Waals surface area contributed by atoms with Gasteiger partial charge in [-0.2, -0.15) is 0 Å². The zero-order valence-electron chi connectivity index (χ0n) is 9.99. The van der Waals surface area contributed by atoms with Crippen LogP contribution < -0.4 is 15.2 Å². The van der Waals surface area contributed by atoms with E-state index >= 15 is 0 Å². The Labute approximate surface area is 96.0 Å². The van der Waals surface area contributed by atoms with Gasteiger partial charge >= 0.3 is 0 Å². The van der Waals surface area contributed by atoms with Crippen LogP contribution in [0, 0.1) is 0 Å². The number of para-hydroxylation sites is 1. The highest BCUT2D eigenvalue weighted by molar-refractivity contribution is 5.50. The molecule has 0 aromatic heterocycles. The Kier molecular flexibility index (Phi) is 4.15. The molecule has 3 N–H and O–H groups in total. The van der Waals surface area contributed by atoms with Crippen molar-refractivity contribution in [2.24, 2.45) is 5.73 Å². The second-order valence-corrected chi connectivity index (χ2v) is 3.96. The summed E-state index contributed by atoms with van der Waals surface area (Å²) in [5.41, 5.74) is 6.05. The quantitative estimate of drug-likeness (QED) is 0.782. The van der Waals surface area contributed by atoms with E-state index in [1.807, 2.05) is 25.1 Å². The van der Waals surface area contributed by atoms with E-state index in [-0.39, 0.29) is 6.61 Å². The summed E-state index contributed by atoms with van der Waals surface area (Å²) < 4.78 is 10.5. The third-order valence-corrected chi connectivity index (χ3v) is 2.85. The molecule has 0 aliphatic carbocycles. The average Bonchev–Trinajstić information content (AvgIpc) is 2.36. The van der Waals surface area contributed by atoms with Crippen molar-refractivity contribution in [3.63, 3.8) is 0 Å². The predicted octanol–water partition coefficient (Wildman–Crippen LogP) is 0.912. The minimum Gasteiger partial charge on any atom is -0.493 e. The molecule has 0 bridgehead atoms. The molecule has 1 atom stereocenters. The molecule has 0 fully saturated rings. The Hall–Kier alpha value is -1.26. The molecule has 0 aliphatic rings. The topological polar surface area (TPSA) is 64.7 Å². The van der Waals surface area contributed by atoms with Crippen molar-refractivity contribution in [2.75, 3.05) is 27.4 Å². The number of aliphatic hydroxyl groups excluding tert-OH is 1. The van der Waals surface area contributed by atoms with E-state index in [4.69, 9.17) is 15.2 Å². The van der Waals surface area contributed by atoms with E-state index in [0.717, 1.165) is 5.56 Å². The van der Waals surface area contributed by atoms with Crippen LogP contribution in [0.5, 0.6) is 11.5 Å². The zero-order chi connectivity index (χ0) is 12.2. The molecule has 0 saturated carbocycles. The molecule has 16 heavy (non-hydrogen) atoms. The van der Waals surface area contributed by atoms with Gasteiger partial charge in [0.1, 0.15) is 0 Å². The van der Waals surface area contributed by atoms with Gasteiger partial charge in [-0.05, 0) is 6.07 Å². The molecular formula is C12H19NO3. The minimum atomic E-state index is -0.514. The second kappa shape index (κ2) is 5.18. The summed E-state index contributed by atoms with van der Waals surface area (Å²) in [7, 11) is 3.16. The summed E-state index contributed by atoms with van der Waals surface area (Å²) in [5, 5.41) is 9.45. The number of rotatable bonds is 5. The van der Waals surface area contributed by atoms with Crippen molar-refractivity contribution in [1.82, 2.24) is 0 Å². The first-order valence-corrected chi connectivity index (χ1v) is 5.15. The number of aliphatic hydroxyl groups is 1. The van der Waals surface area contributed by atoms with Crippen LogP contribution in [0.1, 0.15) is 12.5 Å². The van der Waals surface area contributed by atoms with Gasteiger partial charge in [0.05, 0.1) is 20.8 Å². The van der Waals surface area contributed by atoms with Gasteiger partial charge in [-0.25, -0.2) is 0 Å². The molecule has 0 saturated heterocycles. The molecule has 4 nitrogen and oxygen atoms in total. The van der Waals surface area contributed by atoms with Gasteiger partial charge in [0.2, 0.25) is 0 Å². The van der Waals surface area contributed by atoms with Crippen LogP contribution in [0.25, 0.3) is 0 Å². The van der Waals surface area contributed by atoms with Crippen LogP contribution in [0.4, 0.5) is 0 Å². The molecule has 1 unspecified atom stereocenters. The van der Waals surface area contributed by atoms with Crippen LogP contribution in [0.15, 0.2) is 18.2 Å². The van der Waals surface area contributed by atoms with Gasteiger partial charge in [-0.1, -0.05) is 19.1 Å². The van der Waals surface area contributed by atoms with Gasteiger partial charge < -0.3 is 20.3 Å². The molecule has 1 aromatic carbocycles. The Balaban J connectivity index is 3.32. The first-order valence-electron chi connectivity index (χ1n) is 5.15. The van der Waals surface area contributed by atoms with Crippen molar-refractivity contribution in [3.05, 3.63) is 23.8 Å². The van der Waals surface area contributed by atoms with Crippen LogP contribution >= 0.6 is 0 Å². The monoisotopic (exact) mass is 225 g/mol. The Morgan fingerprint density at radius 1 is 1.31 bits per heavy atom. The molecule has 90 valence electrons. The van der Waals surface area contributed by atoms with E-state index in [2.05, 4.69) is 0 Å². The van der Waals surface area contributed by atoms with E-state index in [1.54, 1.807) is 14.2 Å². The summed E-state index contributed by atoms with van der Waals surface area (Å²) >= 11 is 0. The van der Waals surface area contributed by atoms with Crippen molar-refractivity contribution in [2.45, 2.75) is 12.3 Å². The molecule has 1 aromatic rings. The third-order valence-electron chi connectivity index (χ3n) is 2.85. The average molecular weight is 225 g/mol. The van der Waals surface area contributed by atoms with Gasteiger partial charge in [0, 0.05) is 17.5 Å². The molecule has 0 aliphatic heterocycles. The molecule has 1 rings (SSSR count). The smallest absolute Gasteiger partial charge is 0.164 e. The standard InChI is InChI=1S/C12H19NO3/c1-12(7-13,8-14)9-5-4-6-10(15-2)11(9)16-3/h4-6,14H,7-8,13H2,1-3H3. The Morgan fingerprint density at radius 3 is 2.44 bits per heavy atom. The summed E-state index contributed by atoms with van der Waals surface area (Å²) in [4.78, 5) is 0. The fourth-order valence-corrected chi connectivity index (χ4v) is 1.62. The zero-order valence-corrected chi connectivity index (χ0v) is 9.99. The minimum absolute atomic E-state index is 0.0347. The molecule has 0 radical (unpaired) electrons. The summed E-state index contributed by atoms with van der Waals surface area (Å²) in [5.74, 6) is 1.28. The first-order chi connectivity index (χ1) is 7.62. The number of nitrogens with two attached hydrogens (primary N) is 1. The number of hydrogen-bond donors (Lipinski definition) is 2. The van der Waals surface area contributed by atoms with Crippen LogP contribution in [-0.2, 0) is 5.41 Å². The maximum absolute atomic E-state index is 9.45. The van der Waals surface area contributed by atoms with Crippen LogP contribution in [-0.4, -0.2) is 32.5 Å². The van der Waals surface area contributed by atoms with E-state index in [0.29, 0.717) is 18.0 Å². The normalized spacial score (nSPS) is 14.3. The number of methoxy groups -OCH3 is 2. The van der Waals surface area contributed by atoms with Gasteiger partial charge in [-0.15, -0.1) is 0 Å². The molecule has 0 spiro atoms. The van der Waals surface area contributed by atoms with Gasteiger partial charge in [0.25, 0.3) is 0 Å². The maximum atomic E-state index is 9.45. The summed E-state index contributed by atoms with van der Waals surface area (Å²) in [6, 6.07) is 5.57. The van der Waals surface area contributed by atoms with E-state index in [1.165, 1.54) is 0 Å². The Bertz CT molecular complexity index is 348. The second-order valence-electron chi connectivity index (χ2n) is 3.96.